The lowest BCUT2D eigenvalue weighted by Gasteiger charge is -2.09. The smallest absolute Gasteiger partial charge is 0.273 e. The SMILES string of the molecule is COc1cccc(NC(=O)Cn2[nH]c(=O)c3ccccc3c2=O)c1. The van der Waals surface area contributed by atoms with Gasteiger partial charge in [0, 0.05) is 11.8 Å². The van der Waals surface area contributed by atoms with Gasteiger partial charge in [0.15, 0.2) is 0 Å². The van der Waals surface area contributed by atoms with Crippen molar-refractivity contribution in [2.75, 3.05) is 12.4 Å². The number of hydrogen-bond donors (Lipinski definition) is 2. The van der Waals surface area contributed by atoms with Crippen molar-refractivity contribution < 1.29 is 9.53 Å². The second-order valence-electron chi connectivity index (χ2n) is 5.16. The van der Waals surface area contributed by atoms with Crippen molar-refractivity contribution >= 4 is 22.4 Å². The molecule has 122 valence electrons. The van der Waals surface area contributed by atoms with Crippen molar-refractivity contribution in [3.63, 3.8) is 0 Å². The number of aromatic nitrogens is 2. The Balaban J connectivity index is 1.87. The number of methoxy groups -OCH3 is 1. The lowest BCUT2D eigenvalue weighted by molar-refractivity contribution is -0.117. The quantitative estimate of drug-likeness (QED) is 0.757. The number of anilines is 1. The molecule has 0 saturated heterocycles. The molecule has 0 saturated carbocycles. The second-order valence-corrected chi connectivity index (χ2v) is 5.16. The topological polar surface area (TPSA) is 93.2 Å². The van der Waals surface area contributed by atoms with Crippen molar-refractivity contribution in [2.24, 2.45) is 0 Å². The third-order valence-electron chi connectivity index (χ3n) is 3.54. The summed E-state index contributed by atoms with van der Waals surface area (Å²) in [5, 5.41) is 5.65. The molecule has 3 rings (SSSR count). The second kappa shape index (κ2) is 6.41. The highest BCUT2D eigenvalue weighted by Gasteiger charge is 2.10. The third-order valence-corrected chi connectivity index (χ3v) is 3.54. The summed E-state index contributed by atoms with van der Waals surface area (Å²) in [4.78, 5) is 36.5. The molecule has 0 aliphatic heterocycles. The number of rotatable bonds is 4. The third kappa shape index (κ3) is 3.05. The van der Waals surface area contributed by atoms with Crippen LogP contribution in [0.15, 0.2) is 58.1 Å². The predicted octanol–water partition coefficient (Wildman–Crippen LogP) is 1.34. The first kappa shape index (κ1) is 15.5. The number of benzene rings is 2. The lowest BCUT2D eigenvalue weighted by Crippen LogP contribution is -2.34. The zero-order chi connectivity index (χ0) is 17.1. The van der Waals surface area contributed by atoms with Gasteiger partial charge in [-0.15, -0.1) is 0 Å². The fraction of sp³-hybridized carbons (Fsp3) is 0.118. The van der Waals surface area contributed by atoms with Gasteiger partial charge in [-0.3, -0.25) is 19.5 Å². The van der Waals surface area contributed by atoms with E-state index in [1.807, 2.05) is 0 Å². The van der Waals surface area contributed by atoms with Gasteiger partial charge in [0.25, 0.3) is 11.1 Å². The van der Waals surface area contributed by atoms with Gasteiger partial charge < -0.3 is 10.1 Å². The first-order chi connectivity index (χ1) is 11.6. The molecule has 0 radical (unpaired) electrons. The minimum atomic E-state index is -0.434. The maximum atomic E-state index is 12.4. The molecule has 0 bridgehead atoms. The molecule has 0 spiro atoms. The van der Waals surface area contributed by atoms with Gasteiger partial charge in [-0.1, -0.05) is 18.2 Å². The summed E-state index contributed by atoms with van der Waals surface area (Å²) in [5.41, 5.74) is -0.305. The molecule has 24 heavy (non-hydrogen) atoms. The van der Waals surface area contributed by atoms with E-state index in [1.54, 1.807) is 48.5 Å². The van der Waals surface area contributed by atoms with E-state index in [1.165, 1.54) is 7.11 Å². The summed E-state index contributed by atoms with van der Waals surface area (Å²) in [6.07, 6.45) is 0. The number of hydrogen-bond acceptors (Lipinski definition) is 4. The zero-order valence-electron chi connectivity index (χ0n) is 12.9. The Bertz CT molecular complexity index is 1020. The van der Waals surface area contributed by atoms with Crippen LogP contribution in [0.3, 0.4) is 0 Å². The number of ether oxygens (including phenoxy) is 1. The molecule has 3 aromatic rings. The summed E-state index contributed by atoms with van der Waals surface area (Å²) in [7, 11) is 1.53. The Morgan fingerprint density at radius 1 is 1.12 bits per heavy atom. The highest BCUT2D eigenvalue weighted by atomic mass is 16.5. The molecule has 0 unspecified atom stereocenters. The molecule has 0 atom stereocenters. The molecule has 0 aliphatic carbocycles. The van der Waals surface area contributed by atoms with Crippen LogP contribution in [0.5, 0.6) is 5.75 Å². The van der Waals surface area contributed by atoms with Crippen LogP contribution >= 0.6 is 0 Å². The van der Waals surface area contributed by atoms with Gasteiger partial charge in [0.05, 0.1) is 17.9 Å². The van der Waals surface area contributed by atoms with Crippen LogP contribution in [-0.4, -0.2) is 22.8 Å². The molecule has 1 aromatic heterocycles. The molecule has 2 aromatic carbocycles. The Morgan fingerprint density at radius 2 is 1.88 bits per heavy atom. The van der Waals surface area contributed by atoms with E-state index in [0.29, 0.717) is 16.8 Å². The summed E-state index contributed by atoms with van der Waals surface area (Å²) < 4.78 is 6.08. The van der Waals surface area contributed by atoms with E-state index >= 15 is 0 Å². The van der Waals surface area contributed by atoms with E-state index in [4.69, 9.17) is 4.74 Å². The minimum Gasteiger partial charge on any atom is -0.497 e. The van der Waals surface area contributed by atoms with E-state index in [-0.39, 0.29) is 11.9 Å². The van der Waals surface area contributed by atoms with Crippen LogP contribution in [0.4, 0.5) is 5.69 Å². The van der Waals surface area contributed by atoms with Crippen molar-refractivity contribution in [3.05, 3.63) is 69.2 Å². The van der Waals surface area contributed by atoms with Crippen LogP contribution in [0.25, 0.3) is 10.8 Å². The molecule has 0 fully saturated rings. The van der Waals surface area contributed by atoms with E-state index in [9.17, 15) is 14.4 Å². The lowest BCUT2D eigenvalue weighted by atomic mass is 10.2. The molecule has 1 amide bonds. The van der Waals surface area contributed by atoms with Crippen molar-refractivity contribution in [2.45, 2.75) is 6.54 Å². The standard InChI is InChI=1S/C17H15N3O4/c1-24-12-6-4-5-11(9-12)18-15(21)10-20-17(23)14-8-3-2-7-13(14)16(22)19-20/h2-9H,10H2,1H3,(H,18,21)(H,19,22). The number of aromatic amines is 1. The average molecular weight is 325 g/mol. The van der Waals surface area contributed by atoms with Crippen molar-refractivity contribution in [3.8, 4) is 5.75 Å². The maximum absolute atomic E-state index is 12.4. The van der Waals surface area contributed by atoms with Crippen LogP contribution in [0.2, 0.25) is 0 Å². The fourth-order valence-electron chi connectivity index (χ4n) is 2.40. The average Bonchev–Trinajstić information content (AvgIpc) is 2.59. The van der Waals surface area contributed by atoms with E-state index in [0.717, 1.165) is 4.68 Å². The predicted molar refractivity (Wildman–Crippen MR) is 90.5 cm³/mol. The monoisotopic (exact) mass is 325 g/mol. The highest BCUT2D eigenvalue weighted by Crippen LogP contribution is 2.16. The molecular formula is C17H15N3O4. The van der Waals surface area contributed by atoms with Crippen LogP contribution in [0.1, 0.15) is 0 Å². The molecule has 0 aliphatic rings. The number of carbonyl (C=O) groups is 1. The fourth-order valence-corrected chi connectivity index (χ4v) is 2.40. The van der Waals surface area contributed by atoms with Crippen molar-refractivity contribution in [1.29, 1.82) is 0 Å². The number of nitrogens with one attached hydrogen (secondary N) is 2. The Hall–Kier alpha value is -3.35. The first-order valence-electron chi connectivity index (χ1n) is 7.24. The highest BCUT2D eigenvalue weighted by molar-refractivity contribution is 5.91. The maximum Gasteiger partial charge on any atom is 0.273 e. The van der Waals surface area contributed by atoms with Crippen LogP contribution in [-0.2, 0) is 11.3 Å². The minimum absolute atomic E-state index is 0.274. The van der Waals surface area contributed by atoms with Gasteiger partial charge in [-0.25, -0.2) is 4.68 Å². The van der Waals surface area contributed by atoms with Crippen LogP contribution < -0.4 is 21.2 Å². The van der Waals surface area contributed by atoms with Gasteiger partial charge in [0.2, 0.25) is 5.91 Å². The number of H-pyrrole nitrogens is 1. The van der Waals surface area contributed by atoms with E-state index < -0.39 is 17.0 Å². The summed E-state index contributed by atoms with van der Waals surface area (Å²) in [6.45, 7) is -0.296. The summed E-state index contributed by atoms with van der Waals surface area (Å²) in [5.74, 6) is 0.167. The summed E-state index contributed by atoms with van der Waals surface area (Å²) in [6, 6.07) is 13.3. The first-order valence-corrected chi connectivity index (χ1v) is 7.24. The van der Waals surface area contributed by atoms with Gasteiger partial charge in [-0.05, 0) is 24.3 Å². The van der Waals surface area contributed by atoms with Crippen LogP contribution in [0, 0.1) is 0 Å². The summed E-state index contributed by atoms with van der Waals surface area (Å²) >= 11 is 0. The number of fused-ring (bicyclic) bond motifs is 1. The van der Waals surface area contributed by atoms with Crippen molar-refractivity contribution in [1.82, 2.24) is 9.78 Å². The normalized spacial score (nSPS) is 10.5. The Labute approximate surface area is 136 Å². The Kier molecular flexibility index (Phi) is 4.15. The molecular weight excluding hydrogens is 310 g/mol. The van der Waals surface area contributed by atoms with Gasteiger partial charge >= 0.3 is 0 Å². The molecule has 7 heteroatoms. The number of amides is 1. The largest absolute Gasteiger partial charge is 0.497 e. The van der Waals surface area contributed by atoms with Gasteiger partial charge in [0.1, 0.15) is 12.3 Å². The van der Waals surface area contributed by atoms with E-state index in [2.05, 4.69) is 10.4 Å². The van der Waals surface area contributed by atoms with Gasteiger partial charge in [-0.2, -0.15) is 0 Å². The molecule has 1 heterocycles. The zero-order valence-corrected chi connectivity index (χ0v) is 12.9. The number of carbonyl (C=O) groups excluding carboxylic acids is 1. The Morgan fingerprint density at radius 3 is 2.62 bits per heavy atom. The molecule has 7 nitrogen and oxygen atoms in total. The number of nitrogens with zero attached hydrogens (tertiary/aromatic N) is 1. The molecule has 2 N–H and O–H groups in total.